The first-order valence-electron chi connectivity index (χ1n) is 4.23. The van der Waals surface area contributed by atoms with Crippen LogP contribution in [0.25, 0.3) is 0 Å². The van der Waals surface area contributed by atoms with Crippen LogP contribution in [0.3, 0.4) is 0 Å². The number of nitrogens with zero attached hydrogens (tertiary/aromatic N) is 1. The second-order valence-corrected chi connectivity index (χ2v) is 4.03. The Kier molecular flexibility index (Phi) is 3.13. The number of ether oxygens (including phenoxy) is 1. The molecule has 15 heavy (non-hydrogen) atoms. The van der Waals surface area contributed by atoms with Gasteiger partial charge in [-0.3, -0.25) is 0 Å². The number of aromatic amines is 1. The molecule has 0 amide bonds. The number of nitrogens with one attached hydrogen (secondary N) is 1. The van der Waals surface area contributed by atoms with Gasteiger partial charge in [0.05, 0.1) is 10.7 Å². The third kappa shape index (κ3) is 2.64. The lowest BCUT2D eigenvalue weighted by molar-refractivity contribution is 0.474. The molecule has 0 unspecified atom stereocenters. The van der Waals surface area contributed by atoms with E-state index in [0.717, 1.165) is 10.2 Å². The second kappa shape index (κ2) is 4.55. The van der Waals surface area contributed by atoms with Crippen molar-refractivity contribution in [3.63, 3.8) is 0 Å². The molecule has 0 aliphatic heterocycles. The largest absolute Gasteiger partial charge is 0.453 e. The minimum Gasteiger partial charge on any atom is -0.453 e. The lowest BCUT2D eigenvalue weighted by atomic mass is 10.3. The number of hydrogen-bond acceptors (Lipinski definition) is 3. The van der Waals surface area contributed by atoms with E-state index in [1.165, 1.54) is 0 Å². The summed E-state index contributed by atoms with van der Waals surface area (Å²) in [6.07, 6.45) is 3.26. The van der Waals surface area contributed by atoms with Crippen molar-refractivity contribution >= 4 is 28.1 Å². The monoisotopic (exact) mass is 282 g/mol. The number of benzene rings is 1. The molecule has 0 saturated heterocycles. The molecule has 0 spiro atoms. The molecule has 0 atom stereocenters. The summed E-state index contributed by atoms with van der Waals surface area (Å²) in [6, 6.07) is 7.60. The zero-order chi connectivity index (χ0) is 10.7. The van der Waals surface area contributed by atoms with E-state index in [-0.39, 0.29) is 0 Å². The van der Waals surface area contributed by atoms with E-state index < -0.39 is 0 Å². The van der Waals surface area contributed by atoms with Crippen LogP contribution in [-0.4, -0.2) is 9.97 Å². The quantitative estimate of drug-likeness (QED) is 0.854. The van der Waals surface area contributed by atoms with Gasteiger partial charge in [0.25, 0.3) is 0 Å². The van der Waals surface area contributed by atoms with Gasteiger partial charge >= 0.3 is 0 Å². The fourth-order valence-corrected chi connectivity index (χ4v) is 1.52. The molecular weight excluding hydrogens is 276 g/mol. The van der Waals surface area contributed by atoms with E-state index in [1.54, 1.807) is 12.4 Å². The summed E-state index contributed by atoms with van der Waals surface area (Å²) in [5.41, 5.74) is 0. The summed E-state index contributed by atoms with van der Waals surface area (Å²) in [7, 11) is 0. The van der Waals surface area contributed by atoms with Gasteiger partial charge in [0.15, 0.2) is 10.5 Å². The van der Waals surface area contributed by atoms with Crippen LogP contribution in [0.4, 0.5) is 0 Å². The van der Waals surface area contributed by atoms with Crippen molar-refractivity contribution in [3.8, 4) is 11.5 Å². The highest BCUT2D eigenvalue weighted by Crippen LogP contribution is 2.28. The molecule has 1 N–H and O–H groups in total. The van der Waals surface area contributed by atoms with Gasteiger partial charge < -0.3 is 9.72 Å². The highest BCUT2D eigenvalue weighted by Gasteiger charge is 2.00. The summed E-state index contributed by atoms with van der Waals surface area (Å²) in [6.45, 7) is 0. The lowest BCUT2D eigenvalue weighted by Crippen LogP contribution is -1.88. The number of H-pyrrole nitrogens is 1. The number of rotatable bonds is 2. The molecule has 2 rings (SSSR count). The Labute approximate surface area is 100 Å². The minimum atomic E-state index is 0.439. The molecule has 1 aromatic heterocycles. The Morgan fingerprint density at radius 2 is 2.13 bits per heavy atom. The van der Waals surface area contributed by atoms with Crippen molar-refractivity contribution in [3.05, 3.63) is 45.9 Å². The molecule has 0 aliphatic rings. The zero-order valence-electron chi connectivity index (χ0n) is 7.61. The Morgan fingerprint density at radius 3 is 2.80 bits per heavy atom. The average molecular weight is 283 g/mol. The van der Waals surface area contributed by atoms with Crippen LogP contribution < -0.4 is 4.74 Å². The number of para-hydroxylation sites is 1. The van der Waals surface area contributed by atoms with Crippen molar-refractivity contribution in [1.29, 1.82) is 0 Å². The van der Waals surface area contributed by atoms with Gasteiger partial charge in [-0.1, -0.05) is 12.1 Å². The van der Waals surface area contributed by atoms with Crippen LogP contribution in [0.15, 0.2) is 41.1 Å². The van der Waals surface area contributed by atoms with E-state index in [1.807, 2.05) is 24.3 Å². The zero-order valence-corrected chi connectivity index (χ0v) is 10.0. The minimum absolute atomic E-state index is 0.439. The Bertz CT molecular complexity index is 506. The topological polar surface area (TPSA) is 37.9 Å². The van der Waals surface area contributed by atoms with Crippen LogP contribution in [0.1, 0.15) is 0 Å². The molecule has 2 aromatic rings. The first kappa shape index (κ1) is 10.3. The highest BCUT2D eigenvalue weighted by molar-refractivity contribution is 9.10. The summed E-state index contributed by atoms with van der Waals surface area (Å²) in [5, 5.41) is 0. The van der Waals surface area contributed by atoms with Gasteiger partial charge in [-0.05, 0) is 40.3 Å². The summed E-state index contributed by atoms with van der Waals surface area (Å²) in [4.78, 5) is 6.73. The van der Waals surface area contributed by atoms with Gasteiger partial charge in [0.2, 0.25) is 0 Å². The van der Waals surface area contributed by atoms with Gasteiger partial charge in [-0.15, -0.1) is 0 Å². The number of hydrogen-bond donors (Lipinski definition) is 1. The molecule has 76 valence electrons. The molecule has 1 aromatic carbocycles. The van der Waals surface area contributed by atoms with Crippen molar-refractivity contribution in [2.75, 3.05) is 0 Å². The predicted molar refractivity (Wildman–Crippen MR) is 63.6 cm³/mol. The molecular formula is C10H7BrN2OS. The van der Waals surface area contributed by atoms with E-state index in [0.29, 0.717) is 10.5 Å². The summed E-state index contributed by atoms with van der Waals surface area (Å²) in [5.74, 6) is 1.36. The average Bonchev–Trinajstić information content (AvgIpc) is 2.25. The summed E-state index contributed by atoms with van der Waals surface area (Å²) >= 11 is 8.22. The highest BCUT2D eigenvalue weighted by atomic mass is 79.9. The first-order valence-corrected chi connectivity index (χ1v) is 5.43. The molecule has 5 heteroatoms. The van der Waals surface area contributed by atoms with Crippen LogP contribution >= 0.6 is 28.1 Å². The van der Waals surface area contributed by atoms with Crippen molar-refractivity contribution in [2.45, 2.75) is 0 Å². The Balaban J connectivity index is 2.26. The molecule has 3 nitrogen and oxygen atoms in total. The first-order chi connectivity index (χ1) is 7.25. The maximum Gasteiger partial charge on any atom is 0.196 e. The van der Waals surface area contributed by atoms with Crippen LogP contribution in [-0.2, 0) is 0 Å². The molecule has 0 bridgehead atoms. The maximum atomic E-state index is 5.58. The molecule has 1 heterocycles. The number of halogens is 1. The van der Waals surface area contributed by atoms with E-state index in [9.17, 15) is 0 Å². The van der Waals surface area contributed by atoms with E-state index in [4.69, 9.17) is 17.0 Å². The Morgan fingerprint density at radius 1 is 1.33 bits per heavy atom. The van der Waals surface area contributed by atoms with Crippen LogP contribution in [0, 0.1) is 4.77 Å². The number of aromatic nitrogens is 2. The maximum absolute atomic E-state index is 5.58. The van der Waals surface area contributed by atoms with Gasteiger partial charge in [0, 0.05) is 6.20 Å². The molecule has 0 fully saturated rings. The lowest BCUT2D eigenvalue weighted by Gasteiger charge is -2.05. The van der Waals surface area contributed by atoms with Gasteiger partial charge in [-0.2, -0.15) is 0 Å². The smallest absolute Gasteiger partial charge is 0.196 e. The van der Waals surface area contributed by atoms with Gasteiger partial charge in [0.1, 0.15) is 5.75 Å². The van der Waals surface area contributed by atoms with Gasteiger partial charge in [-0.25, -0.2) is 4.98 Å². The third-order valence-corrected chi connectivity index (χ3v) is 2.59. The predicted octanol–water partition coefficient (Wildman–Crippen LogP) is 3.69. The van der Waals surface area contributed by atoms with Crippen LogP contribution in [0.5, 0.6) is 11.5 Å². The third-order valence-electron chi connectivity index (χ3n) is 1.71. The fourth-order valence-electron chi connectivity index (χ4n) is 1.04. The van der Waals surface area contributed by atoms with Crippen LogP contribution in [0.2, 0.25) is 0 Å². The van der Waals surface area contributed by atoms with Crippen molar-refractivity contribution in [2.24, 2.45) is 0 Å². The summed E-state index contributed by atoms with van der Waals surface area (Å²) < 4.78 is 6.91. The molecule has 0 radical (unpaired) electrons. The Hall–Kier alpha value is -1.20. The SMILES string of the molecule is S=c1ncc(Oc2ccccc2Br)c[nH]1. The molecule has 0 aliphatic carbocycles. The normalized spacial score (nSPS) is 9.93. The van der Waals surface area contributed by atoms with Crippen molar-refractivity contribution in [1.82, 2.24) is 9.97 Å². The second-order valence-electron chi connectivity index (χ2n) is 2.79. The molecule has 0 saturated carbocycles. The standard InChI is InChI=1S/C10H7BrN2OS/c11-8-3-1-2-4-9(8)14-7-5-12-10(15)13-6-7/h1-6H,(H,12,13,15). The van der Waals surface area contributed by atoms with E-state index >= 15 is 0 Å². The fraction of sp³-hybridized carbons (Fsp3) is 0. The van der Waals surface area contributed by atoms with Crippen molar-refractivity contribution < 1.29 is 4.74 Å². The van der Waals surface area contributed by atoms with E-state index in [2.05, 4.69) is 25.9 Å².